The second kappa shape index (κ2) is 15.4. The molecule has 0 bridgehead atoms. The van der Waals surface area contributed by atoms with Crippen molar-refractivity contribution in [1.29, 1.82) is 0 Å². The van der Waals surface area contributed by atoms with Gasteiger partial charge in [0.2, 0.25) is 0 Å². The van der Waals surface area contributed by atoms with Crippen LogP contribution in [0.25, 0.3) is 22.5 Å². The molecule has 1 aliphatic rings. The smallest absolute Gasteiger partial charge is 0.331 e. The summed E-state index contributed by atoms with van der Waals surface area (Å²) in [6.07, 6.45) is 5.47. The number of esters is 2. The second-order valence-electron chi connectivity index (χ2n) is 11.2. The second-order valence-corrected chi connectivity index (χ2v) is 11.2. The van der Waals surface area contributed by atoms with E-state index in [2.05, 4.69) is 25.9 Å². The van der Waals surface area contributed by atoms with Crippen molar-refractivity contribution < 1.29 is 29.0 Å². The number of hydrogen-bond acceptors (Lipinski definition) is 12. The number of phenolic OH excluding ortho intramolecular Hbond substituents is 1. The summed E-state index contributed by atoms with van der Waals surface area (Å²) in [5, 5.41) is 30.1. The molecule has 2 aromatic heterocycles. The number of phenols is 1. The molecule has 5 rings (SSSR count). The van der Waals surface area contributed by atoms with Crippen LogP contribution in [0.1, 0.15) is 47.3 Å². The Labute approximate surface area is 271 Å². The molecule has 0 radical (unpaired) electrons. The highest BCUT2D eigenvalue weighted by molar-refractivity contribution is 5.97. The molecule has 15 heteroatoms. The number of aromatic hydroxyl groups is 1. The fourth-order valence-corrected chi connectivity index (χ4v) is 5.47. The van der Waals surface area contributed by atoms with Crippen molar-refractivity contribution in [3.05, 3.63) is 66.0 Å². The number of nitrogens with zero attached hydrogens (tertiary/aromatic N) is 7. The number of amides is 1. The number of benzene rings is 2. The van der Waals surface area contributed by atoms with Gasteiger partial charge in [-0.1, -0.05) is 22.6 Å². The average Bonchev–Trinajstić information content (AvgIpc) is 3.80. The van der Waals surface area contributed by atoms with Crippen LogP contribution in [0.3, 0.4) is 0 Å². The van der Waals surface area contributed by atoms with Crippen LogP contribution in [-0.4, -0.2) is 105 Å². The number of rotatable bonds is 13. The molecule has 4 aromatic rings. The van der Waals surface area contributed by atoms with E-state index in [-0.39, 0.29) is 18.1 Å². The van der Waals surface area contributed by atoms with Crippen molar-refractivity contribution in [2.75, 3.05) is 46.9 Å². The van der Waals surface area contributed by atoms with Crippen molar-refractivity contribution in [3.8, 4) is 28.3 Å². The maximum Gasteiger partial charge on any atom is 0.331 e. The van der Waals surface area contributed by atoms with E-state index < -0.39 is 24.0 Å². The summed E-state index contributed by atoms with van der Waals surface area (Å²) in [4.78, 5) is 40.9. The molecule has 1 aliphatic heterocycles. The van der Waals surface area contributed by atoms with E-state index in [1.165, 1.54) is 23.6 Å². The molecular formula is C32H39N9O6. The zero-order valence-corrected chi connectivity index (χ0v) is 26.4. The SMILES string of the molecule is COC(=O)[C@@H](Cc1ccc(O)cc1)n1cc(-c2cc(C(=O)N3CCNCC3)cc(-c3cn([C@@H](CCCCN)C(=O)OC)nn3)c2)nn1. The molecule has 1 fully saturated rings. The van der Waals surface area contributed by atoms with E-state index >= 15 is 0 Å². The van der Waals surface area contributed by atoms with Gasteiger partial charge in [0.15, 0.2) is 12.1 Å². The molecule has 0 saturated carbocycles. The van der Waals surface area contributed by atoms with Crippen LogP contribution in [0.4, 0.5) is 0 Å². The van der Waals surface area contributed by atoms with Gasteiger partial charge in [-0.25, -0.2) is 19.0 Å². The van der Waals surface area contributed by atoms with Crippen molar-refractivity contribution >= 4 is 17.8 Å². The van der Waals surface area contributed by atoms with Gasteiger partial charge in [-0.2, -0.15) is 0 Å². The maximum absolute atomic E-state index is 13.7. The van der Waals surface area contributed by atoms with Gasteiger partial charge in [0.25, 0.3) is 5.91 Å². The Bertz CT molecular complexity index is 1680. The first-order chi connectivity index (χ1) is 22.8. The Hall–Kier alpha value is -5.15. The van der Waals surface area contributed by atoms with Crippen LogP contribution in [-0.2, 0) is 25.5 Å². The Kier molecular flexibility index (Phi) is 10.9. The number of aromatic nitrogens is 6. The largest absolute Gasteiger partial charge is 0.508 e. The van der Waals surface area contributed by atoms with Crippen molar-refractivity contribution in [3.63, 3.8) is 0 Å². The van der Waals surface area contributed by atoms with Gasteiger partial charge >= 0.3 is 11.9 Å². The summed E-state index contributed by atoms with van der Waals surface area (Å²) < 4.78 is 13.0. The highest BCUT2D eigenvalue weighted by atomic mass is 16.5. The molecule has 3 heterocycles. The van der Waals surface area contributed by atoms with Crippen LogP contribution in [0.15, 0.2) is 54.9 Å². The van der Waals surface area contributed by atoms with E-state index in [1.807, 2.05) is 6.07 Å². The molecule has 47 heavy (non-hydrogen) atoms. The number of carbonyl (C=O) groups excluding carboxylic acids is 3. The number of hydrogen-bond donors (Lipinski definition) is 3. The van der Waals surface area contributed by atoms with Crippen molar-refractivity contribution in [2.24, 2.45) is 5.73 Å². The van der Waals surface area contributed by atoms with Crippen LogP contribution in [0.2, 0.25) is 0 Å². The lowest BCUT2D eigenvalue weighted by atomic mass is 10.0. The van der Waals surface area contributed by atoms with Gasteiger partial charge in [-0.05, 0) is 61.7 Å². The zero-order chi connectivity index (χ0) is 33.3. The first-order valence-electron chi connectivity index (χ1n) is 15.4. The van der Waals surface area contributed by atoms with Crippen LogP contribution in [0, 0.1) is 0 Å². The number of carbonyl (C=O) groups is 3. The molecule has 0 spiro atoms. The zero-order valence-electron chi connectivity index (χ0n) is 26.4. The lowest BCUT2D eigenvalue weighted by Gasteiger charge is -2.27. The Morgan fingerprint density at radius 3 is 2.02 bits per heavy atom. The van der Waals surface area contributed by atoms with Crippen LogP contribution < -0.4 is 11.1 Å². The predicted molar refractivity (Wildman–Crippen MR) is 170 cm³/mol. The summed E-state index contributed by atoms with van der Waals surface area (Å²) in [5.74, 6) is -0.986. The lowest BCUT2D eigenvalue weighted by Crippen LogP contribution is -2.46. The first kappa shape index (κ1) is 33.2. The molecule has 2 aromatic carbocycles. The molecule has 0 unspecified atom stereocenters. The van der Waals surface area contributed by atoms with Gasteiger partial charge in [0.1, 0.15) is 17.1 Å². The molecule has 2 atom stereocenters. The van der Waals surface area contributed by atoms with E-state index in [9.17, 15) is 19.5 Å². The molecule has 4 N–H and O–H groups in total. The van der Waals surface area contributed by atoms with Gasteiger partial charge in [0, 0.05) is 49.3 Å². The summed E-state index contributed by atoms with van der Waals surface area (Å²) in [7, 11) is 2.63. The van der Waals surface area contributed by atoms with Gasteiger partial charge in [-0.3, -0.25) is 4.79 Å². The average molecular weight is 646 g/mol. The monoisotopic (exact) mass is 645 g/mol. The van der Waals surface area contributed by atoms with Crippen molar-refractivity contribution in [1.82, 2.24) is 40.2 Å². The topological polar surface area (TPSA) is 193 Å². The fourth-order valence-electron chi connectivity index (χ4n) is 5.47. The maximum atomic E-state index is 13.7. The lowest BCUT2D eigenvalue weighted by molar-refractivity contribution is -0.146. The first-order valence-corrected chi connectivity index (χ1v) is 15.4. The summed E-state index contributed by atoms with van der Waals surface area (Å²) >= 11 is 0. The normalized spacial score (nSPS) is 14.4. The van der Waals surface area contributed by atoms with E-state index in [0.717, 1.165) is 12.0 Å². The summed E-state index contributed by atoms with van der Waals surface area (Å²) in [5.41, 5.74) is 8.88. The highest BCUT2D eigenvalue weighted by Gasteiger charge is 2.26. The van der Waals surface area contributed by atoms with E-state index in [4.69, 9.17) is 15.2 Å². The van der Waals surface area contributed by atoms with Crippen LogP contribution >= 0.6 is 0 Å². The highest BCUT2D eigenvalue weighted by Crippen LogP contribution is 2.29. The van der Waals surface area contributed by atoms with E-state index in [0.29, 0.717) is 73.6 Å². The third-order valence-electron chi connectivity index (χ3n) is 8.08. The van der Waals surface area contributed by atoms with Crippen molar-refractivity contribution in [2.45, 2.75) is 37.8 Å². The Balaban J connectivity index is 1.51. The minimum absolute atomic E-state index is 0.116. The summed E-state index contributed by atoms with van der Waals surface area (Å²) in [6.45, 7) is 3.01. The number of nitrogens with two attached hydrogens (primary N) is 1. The number of piperazine rings is 1. The minimum atomic E-state index is -0.828. The van der Waals surface area contributed by atoms with Crippen LogP contribution in [0.5, 0.6) is 5.75 Å². The minimum Gasteiger partial charge on any atom is -0.508 e. The van der Waals surface area contributed by atoms with Gasteiger partial charge in [0.05, 0.1) is 26.6 Å². The third kappa shape index (κ3) is 7.99. The number of methoxy groups -OCH3 is 2. The van der Waals surface area contributed by atoms with E-state index in [1.54, 1.807) is 53.7 Å². The third-order valence-corrected chi connectivity index (χ3v) is 8.08. The number of nitrogens with one attached hydrogen (secondary N) is 1. The molecule has 15 nitrogen and oxygen atoms in total. The number of unbranched alkanes of at least 4 members (excludes halogenated alkanes) is 1. The Morgan fingerprint density at radius 2 is 1.45 bits per heavy atom. The quantitative estimate of drug-likeness (QED) is 0.141. The standard InChI is InChI=1S/C32H39N9O6/c1-46-31(44)28(5-3-4-10-33)40-19-26(35-37-40)22-16-23(18-24(17-22)30(43)39-13-11-34-12-14-39)27-20-41(38-36-27)29(32(45)47-2)15-21-6-8-25(42)9-7-21/h6-9,16-20,28-29,34,42H,3-5,10-15,33H2,1-2H3/t28-,29+/m0/s1. The predicted octanol–water partition coefficient (Wildman–Crippen LogP) is 1.75. The van der Waals surface area contributed by atoms with Gasteiger partial charge < -0.3 is 30.5 Å². The molecular weight excluding hydrogens is 606 g/mol. The summed E-state index contributed by atoms with van der Waals surface area (Å²) in [6, 6.07) is 10.3. The Morgan fingerprint density at radius 1 is 0.872 bits per heavy atom. The molecule has 0 aliphatic carbocycles. The molecule has 1 amide bonds. The molecule has 1 saturated heterocycles. The number of ether oxygens (including phenoxy) is 2. The fraction of sp³-hybridized carbons (Fsp3) is 0.406. The van der Waals surface area contributed by atoms with Gasteiger partial charge in [-0.15, -0.1) is 10.2 Å². The molecule has 248 valence electrons.